The molecule has 2 aromatic rings. The van der Waals surface area contributed by atoms with E-state index in [2.05, 4.69) is 20.9 Å². The van der Waals surface area contributed by atoms with Crippen LogP contribution in [0.3, 0.4) is 0 Å². The maximum Gasteiger partial charge on any atom is 0.408 e. The van der Waals surface area contributed by atoms with Gasteiger partial charge in [-0.15, -0.1) is 11.3 Å². The summed E-state index contributed by atoms with van der Waals surface area (Å²) in [5.74, 6) is -0.302. The molecule has 2 heterocycles. The molecule has 3 atom stereocenters. The van der Waals surface area contributed by atoms with Crippen LogP contribution in [0.1, 0.15) is 23.9 Å². The first-order chi connectivity index (χ1) is 12.5. The lowest BCUT2D eigenvalue weighted by atomic mass is 9.78. The van der Waals surface area contributed by atoms with Crippen LogP contribution < -0.4 is 0 Å². The van der Waals surface area contributed by atoms with Gasteiger partial charge in [-0.25, -0.2) is 9.78 Å². The normalized spacial score (nSPS) is 25.8. The number of carbonyl (C=O) groups is 1. The predicted octanol–water partition coefficient (Wildman–Crippen LogP) is 3.70. The molecule has 0 aliphatic carbocycles. The standard InChI is InChI=1S/C18H21BrN2O4S/c1-12-7-14(9-22)18(11-25-12,16-20-15(19)10-26-16)21(17(23)24)8-13-5-3-2-4-6-13/h2-6,10,12,14,22H,7-9,11H2,1H3,(H,23,24)/t12-,14-,18-/m0/s1. The van der Waals surface area contributed by atoms with Crippen LogP contribution in [0.15, 0.2) is 40.3 Å². The molecule has 0 radical (unpaired) electrons. The van der Waals surface area contributed by atoms with E-state index < -0.39 is 11.6 Å². The molecule has 0 saturated carbocycles. The Bertz CT molecular complexity index is 757. The maximum atomic E-state index is 12.3. The van der Waals surface area contributed by atoms with Gasteiger partial charge in [0, 0.05) is 17.9 Å². The summed E-state index contributed by atoms with van der Waals surface area (Å²) < 4.78 is 6.54. The number of benzene rings is 1. The van der Waals surface area contributed by atoms with Crippen molar-refractivity contribution in [3.63, 3.8) is 0 Å². The summed E-state index contributed by atoms with van der Waals surface area (Å²) >= 11 is 4.74. The lowest BCUT2D eigenvalue weighted by Gasteiger charge is -2.49. The van der Waals surface area contributed by atoms with E-state index in [4.69, 9.17) is 4.74 Å². The molecule has 1 saturated heterocycles. The number of amides is 1. The van der Waals surface area contributed by atoms with Gasteiger partial charge >= 0.3 is 6.09 Å². The molecule has 26 heavy (non-hydrogen) atoms. The van der Waals surface area contributed by atoms with E-state index in [0.29, 0.717) is 16.0 Å². The topological polar surface area (TPSA) is 82.9 Å². The minimum atomic E-state index is -1.06. The first-order valence-corrected chi connectivity index (χ1v) is 10.0. The third-order valence-corrected chi connectivity index (χ3v) is 6.56. The van der Waals surface area contributed by atoms with Gasteiger partial charge in [0.2, 0.25) is 0 Å². The molecule has 1 aromatic heterocycles. The lowest BCUT2D eigenvalue weighted by Crippen LogP contribution is -2.60. The van der Waals surface area contributed by atoms with Crippen molar-refractivity contribution in [2.24, 2.45) is 5.92 Å². The SMILES string of the molecule is C[C@H]1C[C@@H](CO)[C@@](c2nc(Br)cs2)(N(Cc2ccccc2)C(=O)O)CO1. The number of nitrogens with zero attached hydrogens (tertiary/aromatic N) is 2. The molecule has 1 aliphatic rings. The second-order valence-corrected chi connectivity index (χ2v) is 8.16. The van der Waals surface area contributed by atoms with Crippen LogP contribution in [0.2, 0.25) is 0 Å². The first kappa shape index (κ1) is 19.3. The van der Waals surface area contributed by atoms with E-state index in [1.165, 1.54) is 16.2 Å². The Morgan fingerprint density at radius 3 is 2.77 bits per heavy atom. The highest BCUT2D eigenvalue weighted by Crippen LogP contribution is 2.45. The van der Waals surface area contributed by atoms with Crippen molar-refractivity contribution in [3.05, 3.63) is 50.9 Å². The first-order valence-electron chi connectivity index (χ1n) is 8.36. The molecule has 1 fully saturated rings. The zero-order valence-corrected chi connectivity index (χ0v) is 16.7. The minimum Gasteiger partial charge on any atom is -0.465 e. The number of ether oxygens (including phenoxy) is 1. The van der Waals surface area contributed by atoms with E-state index in [9.17, 15) is 15.0 Å². The summed E-state index contributed by atoms with van der Waals surface area (Å²) in [5, 5.41) is 22.6. The fourth-order valence-electron chi connectivity index (χ4n) is 3.52. The van der Waals surface area contributed by atoms with Crippen molar-refractivity contribution in [2.75, 3.05) is 13.2 Å². The van der Waals surface area contributed by atoms with Gasteiger partial charge < -0.3 is 14.9 Å². The summed E-state index contributed by atoms with van der Waals surface area (Å²) in [5.41, 5.74) is -0.153. The van der Waals surface area contributed by atoms with Gasteiger partial charge in [-0.1, -0.05) is 30.3 Å². The van der Waals surface area contributed by atoms with Crippen molar-refractivity contribution >= 4 is 33.4 Å². The number of hydrogen-bond acceptors (Lipinski definition) is 5. The molecule has 140 valence electrons. The Morgan fingerprint density at radius 2 is 2.19 bits per heavy atom. The quantitative estimate of drug-likeness (QED) is 0.740. The van der Waals surface area contributed by atoms with E-state index in [0.717, 1.165) is 5.56 Å². The van der Waals surface area contributed by atoms with Gasteiger partial charge in [0.1, 0.15) is 15.1 Å². The highest BCUT2D eigenvalue weighted by Gasteiger charge is 2.53. The molecule has 3 rings (SSSR count). The molecule has 6 nitrogen and oxygen atoms in total. The highest BCUT2D eigenvalue weighted by atomic mass is 79.9. The Labute approximate surface area is 164 Å². The number of aromatic nitrogens is 1. The number of carboxylic acid groups (broad SMARTS) is 1. The average molecular weight is 441 g/mol. The molecule has 8 heteroatoms. The van der Waals surface area contributed by atoms with E-state index in [1.54, 1.807) is 0 Å². The van der Waals surface area contributed by atoms with Crippen LogP contribution in [0, 0.1) is 5.92 Å². The molecular weight excluding hydrogens is 420 g/mol. The van der Waals surface area contributed by atoms with Gasteiger partial charge in [0.15, 0.2) is 0 Å². The van der Waals surface area contributed by atoms with E-state index in [1.807, 2.05) is 42.6 Å². The van der Waals surface area contributed by atoms with Crippen molar-refractivity contribution in [1.82, 2.24) is 9.88 Å². The Morgan fingerprint density at radius 1 is 1.46 bits per heavy atom. The fraction of sp³-hybridized carbons (Fsp3) is 0.444. The Hall–Kier alpha value is -1.48. The number of rotatable bonds is 5. The summed E-state index contributed by atoms with van der Waals surface area (Å²) in [6, 6.07) is 9.43. The lowest BCUT2D eigenvalue weighted by molar-refractivity contribution is -0.126. The van der Waals surface area contributed by atoms with Crippen LogP contribution in [0.25, 0.3) is 0 Å². The third-order valence-electron chi connectivity index (χ3n) is 4.84. The Balaban J connectivity index is 2.09. The van der Waals surface area contributed by atoms with Gasteiger partial charge in [-0.05, 0) is 34.8 Å². The molecule has 0 spiro atoms. The van der Waals surface area contributed by atoms with Crippen molar-refractivity contribution < 1.29 is 19.7 Å². The van der Waals surface area contributed by atoms with Crippen LogP contribution in [-0.4, -0.2) is 45.5 Å². The maximum absolute atomic E-state index is 12.3. The van der Waals surface area contributed by atoms with Gasteiger partial charge in [0.25, 0.3) is 0 Å². The molecule has 1 aromatic carbocycles. The molecular formula is C18H21BrN2O4S. The minimum absolute atomic E-state index is 0.0453. The predicted molar refractivity (Wildman–Crippen MR) is 102 cm³/mol. The summed E-state index contributed by atoms with van der Waals surface area (Å²) in [6.45, 7) is 2.16. The van der Waals surface area contributed by atoms with Gasteiger partial charge in [-0.2, -0.15) is 0 Å². The Kier molecular flexibility index (Phi) is 5.96. The molecule has 2 N–H and O–H groups in total. The van der Waals surface area contributed by atoms with Crippen molar-refractivity contribution in [3.8, 4) is 0 Å². The highest BCUT2D eigenvalue weighted by molar-refractivity contribution is 9.10. The van der Waals surface area contributed by atoms with Crippen LogP contribution in [0.4, 0.5) is 4.79 Å². The average Bonchev–Trinajstić information content (AvgIpc) is 3.07. The molecule has 1 amide bonds. The molecule has 0 unspecified atom stereocenters. The summed E-state index contributed by atoms with van der Waals surface area (Å²) in [7, 11) is 0. The fourth-order valence-corrected chi connectivity index (χ4v) is 5.05. The second-order valence-electron chi connectivity index (χ2n) is 6.49. The second kappa shape index (κ2) is 8.04. The monoisotopic (exact) mass is 440 g/mol. The smallest absolute Gasteiger partial charge is 0.408 e. The van der Waals surface area contributed by atoms with Crippen LogP contribution >= 0.6 is 27.3 Å². The number of aliphatic hydroxyl groups is 1. The van der Waals surface area contributed by atoms with Crippen molar-refractivity contribution in [1.29, 1.82) is 0 Å². The summed E-state index contributed by atoms with van der Waals surface area (Å²) in [6.07, 6.45) is -0.542. The van der Waals surface area contributed by atoms with E-state index in [-0.39, 0.29) is 31.8 Å². The zero-order chi connectivity index (χ0) is 18.7. The van der Waals surface area contributed by atoms with Crippen LogP contribution in [0.5, 0.6) is 0 Å². The van der Waals surface area contributed by atoms with E-state index >= 15 is 0 Å². The largest absolute Gasteiger partial charge is 0.465 e. The van der Waals surface area contributed by atoms with Crippen LogP contribution in [-0.2, 0) is 16.8 Å². The third kappa shape index (κ3) is 3.64. The number of hydrogen-bond donors (Lipinski definition) is 2. The number of thiazole rings is 1. The zero-order valence-electron chi connectivity index (χ0n) is 14.3. The number of aliphatic hydroxyl groups excluding tert-OH is 1. The van der Waals surface area contributed by atoms with Gasteiger partial charge in [-0.3, -0.25) is 4.90 Å². The number of halogens is 1. The molecule has 0 bridgehead atoms. The molecule has 1 aliphatic heterocycles. The summed E-state index contributed by atoms with van der Waals surface area (Å²) in [4.78, 5) is 18.2. The van der Waals surface area contributed by atoms with Gasteiger partial charge in [0.05, 0.1) is 19.3 Å². The van der Waals surface area contributed by atoms with Crippen molar-refractivity contribution in [2.45, 2.75) is 31.5 Å².